The van der Waals surface area contributed by atoms with Crippen molar-refractivity contribution in [3.05, 3.63) is 46.5 Å². The van der Waals surface area contributed by atoms with Crippen LogP contribution in [0.25, 0.3) is 6.08 Å². The smallest absolute Gasteiger partial charge is 0.337 e. The Morgan fingerprint density at radius 1 is 1.07 bits per heavy atom. The molecule has 2 aromatic carbocycles. The van der Waals surface area contributed by atoms with Gasteiger partial charge in [0.05, 0.1) is 34.0 Å². The maximum absolute atomic E-state index is 13.2. The first-order valence-electron chi connectivity index (χ1n) is 8.64. The molecule has 0 saturated heterocycles. The molecular weight excluding hydrogens is 375 g/mol. The van der Waals surface area contributed by atoms with Gasteiger partial charge in [-0.05, 0) is 17.7 Å². The Balaban J connectivity index is 2.07. The van der Waals surface area contributed by atoms with Crippen LogP contribution >= 0.6 is 0 Å². The van der Waals surface area contributed by atoms with E-state index in [9.17, 15) is 9.59 Å². The minimum Gasteiger partial charge on any atom is -0.493 e. The fourth-order valence-corrected chi connectivity index (χ4v) is 3.10. The molecule has 1 heterocycles. The molecule has 1 aliphatic heterocycles. The topological polar surface area (TPSA) is 80.3 Å². The molecule has 0 saturated carbocycles. The summed E-state index contributed by atoms with van der Waals surface area (Å²) in [6.07, 6.45) is 1.63. The van der Waals surface area contributed by atoms with Crippen molar-refractivity contribution in [2.45, 2.75) is 0 Å². The third kappa shape index (κ3) is 3.65. The molecular formula is C21H19BO7. The lowest BCUT2D eigenvalue weighted by molar-refractivity contribution is 0.0602. The lowest BCUT2D eigenvalue weighted by Gasteiger charge is -2.23. The van der Waals surface area contributed by atoms with Crippen LogP contribution in [0.3, 0.4) is 0 Å². The van der Waals surface area contributed by atoms with Crippen molar-refractivity contribution in [3.63, 3.8) is 0 Å². The Labute approximate surface area is 169 Å². The summed E-state index contributed by atoms with van der Waals surface area (Å²) in [5.74, 6) is 0.425. The Morgan fingerprint density at radius 3 is 2.41 bits per heavy atom. The number of ether oxygens (including phenoxy) is 5. The van der Waals surface area contributed by atoms with Crippen molar-refractivity contribution in [1.82, 2.24) is 0 Å². The summed E-state index contributed by atoms with van der Waals surface area (Å²) in [4.78, 5) is 25.0. The normalized spacial score (nSPS) is 14.1. The summed E-state index contributed by atoms with van der Waals surface area (Å²) in [6.45, 7) is 0.0441. The third-order valence-corrected chi connectivity index (χ3v) is 4.52. The van der Waals surface area contributed by atoms with E-state index in [4.69, 9.17) is 31.5 Å². The number of hydrogen-bond acceptors (Lipinski definition) is 7. The monoisotopic (exact) mass is 394 g/mol. The quantitative estimate of drug-likeness (QED) is 0.436. The largest absolute Gasteiger partial charge is 0.493 e. The molecule has 0 fully saturated rings. The molecule has 0 atom stereocenters. The van der Waals surface area contributed by atoms with Crippen molar-refractivity contribution in [2.24, 2.45) is 0 Å². The van der Waals surface area contributed by atoms with Crippen LogP contribution in [0.5, 0.6) is 23.0 Å². The van der Waals surface area contributed by atoms with E-state index in [0.717, 1.165) is 0 Å². The molecule has 148 valence electrons. The average molecular weight is 394 g/mol. The predicted octanol–water partition coefficient (Wildman–Crippen LogP) is 1.95. The number of ketones is 1. The molecule has 3 rings (SSSR count). The first-order valence-corrected chi connectivity index (χ1v) is 8.64. The van der Waals surface area contributed by atoms with Crippen LogP contribution in [0, 0.1) is 0 Å². The van der Waals surface area contributed by atoms with E-state index in [0.29, 0.717) is 28.4 Å². The Morgan fingerprint density at radius 2 is 1.79 bits per heavy atom. The molecule has 1 aliphatic rings. The molecule has 7 nitrogen and oxygen atoms in total. The van der Waals surface area contributed by atoms with Crippen LogP contribution in [-0.2, 0) is 4.74 Å². The second kappa shape index (κ2) is 8.30. The van der Waals surface area contributed by atoms with Gasteiger partial charge >= 0.3 is 5.97 Å². The molecule has 0 aliphatic carbocycles. The summed E-state index contributed by atoms with van der Waals surface area (Å²) >= 11 is 0. The number of methoxy groups -OCH3 is 4. The van der Waals surface area contributed by atoms with Gasteiger partial charge in [-0.25, -0.2) is 4.79 Å². The summed E-state index contributed by atoms with van der Waals surface area (Å²) in [5, 5.41) is 0. The second-order valence-electron chi connectivity index (χ2n) is 6.14. The van der Waals surface area contributed by atoms with Crippen LogP contribution in [0.4, 0.5) is 0 Å². The van der Waals surface area contributed by atoms with Crippen LogP contribution < -0.4 is 24.4 Å². The van der Waals surface area contributed by atoms with Gasteiger partial charge in [-0.1, -0.05) is 17.6 Å². The zero-order chi connectivity index (χ0) is 21.1. The lowest BCUT2D eigenvalue weighted by Crippen LogP contribution is -2.21. The third-order valence-electron chi connectivity index (χ3n) is 4.52. The average Bonchev–Trinajstić information content (AvgIpc) is 2.74. The Bertz CT molecular complexity index is 1010. The molecule has 29 heavy (non-hydrogen) atoms. The van der Waals surface area contributed by atoms with E-state index >= 15 is 0 Å². The minimum absolute atomic E-state index is 0.0441. The molecule has 2 aromatic rings. The fraction of sp³-hybridized carbons (Fsp3) is 0.238. The fourth-order valence-electron chi connectivity index (χ4n) is 3.10. The van der Waals surface area contributed by atoms with Gasteiger partial charge in [-0.15, -0.1) is 0 Å². The summed E-state index contributed by atoms with van der Waals surface area (Å²) in [5.41, 5.74) is 1.73. The van der Waals surface area contributed by atoms with Crippen molar-refractivity contribution in [3.8, 4) is 23.0 Å². The van der Waals surface area contributed by atoms with Gasteiger partial charge in [0.15, 0.2) is 17.3 Å². The number of benzene rings is 2. The molecule has 0 bridgehead atoms. The van der Waals surface area contributed by atoms with Crippen molar-refractivity contribution in [2.75, 3.05) is 35.0 Å². The standard InChI is InChI=1S/C21H19BO7/c1-25-16-9-15-17(20(27-3)19(16)26-2)18(23)12(10-29-15)7-11-5-6-14(22)13(8-11)21(24)28-4/h5-9H,10H2,1-4H3/b12-7+. The van der Waals surface area contributed by atoms with Crippen LogP contribution in [0.2, 0.25) is 0 Å². The van der Waals surface area contributed by atoms with Gasteiger partial charge in [0, 0.05) is 11.6 Å². The van der Waals surface area contributed by atoms with Gasteiger partial charge in [0.2, 0.25) is 5.75 Å². The number of fused-ring (bicyclic) bond motifs is 1. The van der Waals surface area contributed by atoms with Gasteiger partial charge in [-0.2, -0.15) is 0 Å². The summed E-state index contributed by atoms with van der Waals surface area (Å²) < 4.78 is 26.6. The Hall–Kier alpha value is -3.42. The van der Waals surface area contributed by atoms with Crippen molar-refractivity contribution < 1.29 is 33.3 Å². The van der Waals surface area contributed by atoms with Crippen molar-refractivity contribution >= 4 is 31.1 Å². The van der Waals surface area contributed by atoms with E-state index < -0.39 is 5.97 Å². The van der Waals surface area contributed by atoms with E-state index in [-0.39, 0.29) is 34.7 Å². The van der Waals surface area contributed by atoms with E-state index in [1.165, 1.54) is 28.4 Å². The highest BCUT2D eigenvalue weighted by atomic mass is 16.5. The molecule has 8 heteroatoms. The maximum atomic E-state index is 13.2. The number of esters is 1. The molecule has 0 N–H and O–H groups in total. The van der Waals surface area contributed by atoms with Gasteiger partial charge in [0.25, 0.3) is 0 Å². The molecule has 0 spiro atoms. The highest BCUT2D eigenvalue weighted by molar-refractivity contribution is 6.36. The highest BCUT2D eigenvalue weighted by Crippen LogP contribution is 2.47. The van der Waals surface area contributed by atoms with Crippen molar-refractivity contribution in [1.29, 1.82) is 0 Å². The Kier molecular flexibility index (Phi) is 5.82. The summed E-state index contributed by atoms with van der Waals surface area (Å²) in [7, 11) is 11.5. The summed E-state index contributed by atoms with van der Waals surface area (Å²) in [6, 6.07) is 6.42. The maximum Gasteiger partial charge on any atom is 0.337 e. The lowest BCUT2D eigenvalue weighted by atomic mass is 9.88. The first-order chi connectivity index (χ1) is 13.9. The van der Waals surface area contributed by atoms with Crippen LogP contribution in [-0.4, -0.2) is 54.6 Å². The molecule has 0 unspecified atom stereocenters. The van der Waals surface area contributed by atoms with Gasteiger partial charge in [0.1, 0.15) is 25.8 Å². The number of Topliss-reactive ketones (excluding diaryl/α,β-unsaturated/α-hetero) is 1. The number of rotatable bonds is 5. The van der Waals surface area contributed by atoms with Crippen LogP contribution in [0.1, 0.15) is 26.3 Å². The first kappa shape index (κ1) is 20.3. The second-order valence-corrected chi connectivity index (χ2v) is 6.14. The number of hydrogen-bond donors (Lipinski definition) is 0. The molecule has 0 amide bonds. The highest BCUT2D eigenvalue weighted by Gasteiger charge is 2.32. The predicted molar refractivity (Wildman–Crippen MR) is 107 cm³/mol. The van der Waals surface area contributed by atoms with Gasteiger partial charge < -0.3 is 23.7 Å². The van der Waals surface area contributed by atoms with E-state index in [2.05, 4.69) is 0 Å². The zero-order valence-electron chi connectivity index (χ0n) is 16.5. The van der Waals surface area contributed by atoms with Crippen LogP contribution in [0.15, 0.2) is 29.8 Å². The SMILES string of the molecule is [B]c1ccc(/C=C2\COc3cc(OC)c(OC)c(OC)c3C2=O)cc1C(=O)OC. The van der Waals surface area contributed by atoms with E-state index in [1.54, 1.807) is 30.3 Å². The molecule has 2 radical (unpaired) electrons. The molecule has 0 aromatic heterocycles. The van der Waals surface area contributed by atoms with Gasteiger partial charge in [-0.3, -0.25) is 4.79 Å². The minimum atomic E-state index is -0.558. The number of carbonyl (C=O) groups excluding carboxylic acids is 2. The van der Waals surface area contributed by atoms with E-state index in [1.807, 2.05) is 0 Å². The zero-order valence-corrected chi connectivity index (χ0v) is 16.5. The number of carbonyl (C=O) groups is 2.